The van der Waals surface area contributed by atoms with Crippen LogP contribution >= 0.6 is 0 Å². The number of benzene rings is 1. The fraction of sp³-hybridized carbons (Fsp3) is 0.458. The molecule has 2 fully saturated rings. The third kappa shape index (κ3) is 3.22. The summed E-state index contributed by atoms with van der Waals surface area (Å²) < 4.78 is 2.18. The van der Waals surface area contributed by atoms with Crippen molar-refractivity contribution < 1.29 is 9.90 Å². The van der Waals surface area contributed by atoms with E-state index in [1.807, 2.05) is 31.2 Å². The molecule has 0 aliphatic heterocycles. The SMILES string of the molecule is Cc1cc(C)c2nc(C3CC3)n(-c3ccc(C(C(=O)O)C4CCCC4)cc3)c2n1. The van der Waals surface area contributed by atoms with Gasteiger partial charge < -0.3 is 5.11 Å². The van der Waals surface area contributed by atoms with E-state index in [-0.39, 0.29) is 5.92 Å². The van der Waals surface area contributed by atoms with Gasteiger partial charge in [-0.2, -0.15) is 0 Å². The zero-order valence-corrected chi connectivity index (χ0v) is 17.1. The molecule has 150 valence electrons. The smallest absolute Gasteiger partial charge is 0.311 e. The predicted octanol–water partition coefficient (Wildman–Crippen LogP) is 5.27. The van der Waals surface area contributed by atoms with Crippen LogP contribution in [0.4, 0.5) is 0 Å². The van der Waals surface area contributed by atoms with E-state index in [4.69, 9.17) is 9.97 Å². The number of pyridine rings is 1. The summed E-state index contributed by atoms with van der Waals surface area (Å²) in [4.78, 5) is 21.7. The molecule has 29 heavy (non-hydrogen) atoms. The Morgan fingerprint density at radius 1 is 1.07 bits per heavy atom. The molecule has 1 unspecified atom stereocenters. The fourth-order valence-corrected chi connectivity index (χ4v) is 4.99. The van der Waals surface area contributed by atoms with Crippen LogP contribution in [0.1, 0.15) is 73.0 Å². The topological polar surface area (TPSA) is 68.0 Å². The molecule has 5 nitrogen and oxygen atoms in total. The van der Waals surface area contributed by atoms with Crippen LogP contribution in [0.5, 0.6) is 0 Å². The summed E-state index contributed by atoms with van der Waals surface area (Å²) in [5, 5.41) is 9.84. The van der Waals surface area contributed by atoms with Crippen molar-refractivity contribution in [1.82, 2.24) is 14.5 Å². The van der Waals surface area contributed by atoms with Crippen LogP contribution in [-0.4, -0.2) is 25.6 Å². The minimum atomic E-state index is -0.704. The van der Waals surface area contributed by atoms with E-state index >= 15 is 0 Å². The molecule has 1 aromatic carbocycles. The van der Waals surface area contributed by atoms with Gasteiger partial charge >= 0.3 is 5.97 Å². The van der Waals surface area contributed by atoms with Crippen LogP contribution in [-0.2, 0) is 4.79 Å². The maximum Gasteiger partial charge on any atom is 0.311 e. The van der Waals surface area contributed by atoms with E-state index in [0.29, 0.717) is 5.92 Å². The van der Waals surface area contributed by atoms with Crippen LogP contribution in [0.2, 0.25) is 0 Å². The first-order valence-electron chi connectivity index (χ1n) is 10.7. The lowest BCUT2D eigenvalue weighted by atomic mass is 9.85. The minimum Gasteiger partial charge on any atom is -0.481 e. The van der Waals surface area contributed by atoms with Gasteiger partial charge in [0, 0.05) is 17.3 Å². The van der Waals surface area contributed by atoms with Crippen molar-refractivity contribution in [2.45, 2.75) is 64.2 Å². The molecule has 2 aromatic heterocycles. The first kappa shape index (κ1) is 18.3. The number of aryl methyl sites for hydroxylation is 2. The Kier molecular flexibility index (Phi) is 4.41. The van der Waals surface area contributed by atoms with Crippen molar-refractivity contribution >= 4 is 17.1 Å². The molecule has 0 amide bonds. The molecule has 0 saturated heterocycles. The zero-order valence-electron chi connectivity index (χ0n) is 17.1. The third-order valence-corrected chi connectivity index (χ3v) is 6.55. The molecular weight excluding hydrogens is 362 g/mol. The van der Waals surface area contributed by atoms with Gasteiger partial charge in [-0.1, -0.05) is 25.0 Å². The Bertz CT molecular complexity index is 1070. The number of fused-ring (bicyclic) bond motifs is 1. The number of rotatable bonds is 5. The van der Waals surface area contributed by atoms with Gasteiger partial charge in [0.05, 0.1) is 5.92 Å². The summed E-state index contributed by atoms with van der Waals surface area (Å²) in [6.45, 7) is 4.11. The number of carboxylic acids is 1. The normalized spacial score (nSPS) is 18.4. The van der Waals surface area contributed by atoms with E-state index in [2.05, 4.69) is 17.6 Å². The van der Waals surface area contributed by atoms with Crippen molar-refractivity contribution in [1.29, 1.82) is 0 Å². The van der Waals surface area contributed by atoms with Crippen molar-refractivity contribution in [3.05, 3.63) is 53.0 Å². The molecule has 0 radical (unpaired) electrons. The summed E-state index contributed by atoms with van der Waals surface area (Å²) in [5.74, 6) is 0.718. The van der Waals surface area contributed by atoms with Gasteiger partial charge in [-0.15, -0.1) is 0 Å². The van der Waals surface area contributed by atoms with E-state index < -0.39 is 11.9 Å². The van der Waals surface area contributed by atoms with Crippen LogP contribution in [0.25, 0.3) is 16.9 Å². The van der Waals surface area contributed by atoms with Gasteiger partial charge in [0.15, 0.2) is 5.65 Å². The second-order valence-corrected chi connectivity index (χ2v) is 8.78. The monoisotopic (exact) mass is 389 g/mol. The fourth-order valence-electron chi connectivity index (χ4n) is 4.99. The molecule has 1 N–H and O–H groups in total. The predicted molar refractivity (Wildman–Crippen MR) is 113 cm³/mol. The van der Waals surface area contributed by atoms with E-state index in [1.165, 1.54) is 12.8 Å². The summed E-state index contributed by atoms with van der Waals surface area (Å²) in [5.41, 5.74) is 5.94. The molecule has 1 atom stereocenters. The largest absolute Gasteiger partial charge is 0.481 e. The summed E-state index contributed by atoms with van der Waals surface area (Å²) in [6, 6.07) is 10.2. The highest BCUT2D eigenvalue weighted by atomic mass is 16.4. The van der Waals surface area contributed by atoms with Gasteiger partial charge in [0.1, 0.15) is 11.3 Å². The first-order valence-corrected chi connectivity index (χ1v) is 10.7. The Morgan fingerprint density at radius 3 is 2.38 bits per heavy atom. The van der Waals surface area contributed by atoms with Crippen LogP contribution in [0, 0.1) is 19.8 Å². The summed E-state index contributed by atoms with van der Waals surface area (Å²) >= 11 is 0. The Hall–Kier alpha value is -2.69. The molecule has 5 heteroatoms. The van der Waals surface area contributed by atoms with Gasteiger partial charge in [0.2, 0.25) is 0 Å². The van der Waals surface area contributed by atoms with Crippen molar-refractivity contribution in [2.75, 3.05) is 0 Å². The van der Waals surface area contributed by atoms with Gasteiger partial charge in [-0.3, -0.25) is 9.36 Å². The van der Waals surface area contributed by atoms with Crippen LogP contribution < -0.4 is 0 Å². The second kappa shape index (κ2) is 6.97. The molecule has 5 rings (SSSR count). The lowest BCUT2D eigenvalue weighted by Crippen LogP contribution is -2.19. The standard InChI is InChI=1S/C24H27N3O2/c1-14-13-15(2)25-23-21(14)26-22(18-7-8-18)27(23)19-11-9-17(10-12-19)20(24(28)29)16-5-3-4-6-16/h9-13,16,18,20H,3-8H2,1-2H3,(H,28,29). The average molecular weight is 389 g/mol. The molecule has 2 aliphatic carbocycles. The molecule has 2 aliphatic rings. The molecule has 3 aromatic rings. The zero-order chi connectivity index (χ0) is 20.1. The lowest BCUT2D eigenvalue weighted by Gasteiger charge is -2.20. The number of carbonyl (C=O) groups is 1. The van der Waals surface area contributed by atoms with Crippen molar-refractivity contribution in [3.63, 3.8) is 0 Å². The number of nitrogens with zero attached hydrogens (tertiary/aromatic N) is 3. The van der Waals surface area contributed by atoms with Gasteiger partial charge in [-0.05, 0) is 74.8 Å². The Labute approximate surface area is 170 Å². The molecule has 2 heterocycles. The quantitative estimate of drug-likeness (QED) is 0.645. The number of aliphatic carboxylic acids is 1. The number of carboxylic acid groups (broad SMARTS) is 1. The lowest BCUT2D eigenvalue weighted by molar-refractivity contribution is -0.140. The molecule has 0 spiro atoms. The number of hydrogen-bond acceptors (Lipinski definition) is 3. The molecular formula is C24H27N3O2. The van der Waals surface area contributed by atoms with Crippen molar-refractivity contribution in [3.8, 4) is 5.69 Å². The summed E-state index contributed by atoms with van der Waals surface area (Å²) in [6.07, 6.45) is 6.65. The Balaban J connectivity index is 1.59. The highest BCUT2D eigenvalue weighted by Gasteiger charge is 2.33. The number of hydrogen-bond donors (Lipinski definition) is 1. The van der Waals surface area contributed by atoms with Gasteiger partial charge in [0.25, 0.3) is 0 Å². The average Bonchev–Trinajstić information content (AvgIpc) is 3.25. The molecule has 0 bridgehead atoms. The maximum absolute atomic E-state index is 12.0. The first-order chi connectivity index (χ1) is 14.0. The molecule has 2 saturated carbocycles. The number of imidazole rings is 1. The van der Waals surface area contributed by atoms with Crippen LogP contribution in [0.3, 0.4) is 0 Å². The van der Waals surface area contributed by atoms with E-state index in [1.54, 1.807) is 0 Å². The Morgan fingerprint density at radius 2 is 1.76 bits per heavy atom. The minimum absolute atomic E-state index is 0.251. The van der Waals surface area contributed by atoms with Gasteiger partial charge in [-0.25, -0.2) is 9.97 Å². The van der Waals surface area contributed by atoms with Crippen LogP contribution in [0.15, 0.2) is 30.3 Å². The number of aromatic nitrogens is 3. The van der Waals surface area contributed by atoms with Crippen molar-refractivity contribution in [2.24, 2.45) is 5.92 Å². The highest BCUT2D eigenvalue weighted by molar-refractivity contribution is 5.79. The highest BCUT2D eigenvalue weighted by Crippen LogP contribution is 2.42. The third-order valence-electron chi connectivity index (χ3n) is 6.55. The van der Waals surface area contributed by atoms with E-state index in [9.17, 15) is 9.90 Å². The maximum atomic E-state index is 12.0. The van der Waals surface area contributed by atoms with E-state index in [0.717, 1.165) is 65.2 Å². The summed E-state index contributed by atoms with van der Waals surface area (Å²) in [7, 11) is 0. The second-order valence-electron chi connectivity index (χ2n) is 8.78.